The molecule has 3 rings (SSSR count). The van der Waals surface area contributed by atoms with Crippen molar-refractivity contribution in [1.82, 2.24) is 15.2 Å². The Morgan fingerprint density at radius 1 is 1.11 bits per heavy atom. The summed E-state index contributed by atoms with van der Waals surface area (Å²) in [4.78, 5) is 4.37. The first-order valence-electron chi connectivity index (χ1n) is 8.46. The monoisotopic (exact) mass is 372 g/mol. The molecule has 27 heavy (non-hydrogen) atoms. The molecule has 0 bridgehead atoms. The van der Waals surface area contributed by atoms with Crippen LogP contribution in [-0.2, 0) is 6.61 Å². The number of hydrogen-bond donors (Lipinski definition) is 2. The number of aromatic amines is 1. The van der Waals surface area contributed by atoms with Crippen LogP contribution >= 0.6 is 0 Å². The first-order chi connectivity index (χ1) is 13.1. The van der Waals surface area contributed by atoms with Gasteiger partial charge in [-0.3, -0.25) is 5.10 Å². The molecule has 0 radical (unpaired) electrons. The molecule has 1 heterocycles. The fourth-order valence-electron chi connectivity index (χ4n) is 2.50. The molecule has 0 fully saturated rings. The van der Waals surface area contributed by atoms with Gasteiger partial charge in [0.25, 0.3) is 0 Å². The van der Waals surface area contributed by atoms with E-state index in [9.17, 15) is 4.39 Å². The van der Waals surface area contributed by atoms with Crippen LogP contribution in [0.1, 0.15) is 30.2 Å². The largest absolute Gasteiger partial charge is 0.493 e. The van der Waals surface area contributed by atoms with E-state index < -0.39 is 6.04 Å². The predicted octanol–water partition coefficient (Wildman–Crippen LogP) is 2.98. The predicted molar refractivity (Wildman–Crippen MR) is 97.3 cm³/mol. The number of H-pyrrole nitrogens is 1. The van der Waals surface area contributed by atoms with E-state index in [4.69, 9.17) is 19.9 Å². The maximum atomic E-state index is 12.9. The van der Waals surface area contributed by atoms with Gasteiger partial charge >= 0.3 is 0 Å². The fraction of sp³-hybridized carbons (Fsp3) is 0.263. The van der Waals surface area contributed by atoms with Crippen LogP contribution in [0.5, 0.6) is 17.2 Å². The highest BCUT2D eigenvalue weighted by molar-refractivity contribution is 5.44. The van der Waals surface area contributed by atoms with E-state index in [-0.39, 0.29) is 12.4 Å². The average molecular weight is 372 g/mol. The number of nitrogens with one attached hydrogen (secondary N) is 1. The van der Waals surface area contributed by atoms with Crippen molar-refractivity contribution < 1.29 is 18.6 Å². The highest BCUT2D eigenvalue weighted by Gasteiger charge is 2.17. The van der Waals surface area contributed by atoms with Crippen LogP contribution in [0.25, 0.3) is 0 Å². The number of hydrogen-bond acceptors (Lipinski definition) is 6. The Bertz CT molecular complexity index is 883. The highest BCUT2D eigenvalue weighted by atomic mass is 19.1. The van der Waals surface area contributed by atoms with Crippen LogP contribution in [0.3, 0.4) is 0 Å². The maximum absolute atomic E-state index is 12.9. The van der Waals surface area contributed by atoms with Crippen molar-refractivity contribution in [2.75, 3.05) is 13.7 Å². The Kier molecular flexibility index (Phi) is 5.87. The summed E-state index contributed by atoms with van der Waals surface area (Å²) in [6.07, 6.45) is 0. The molecule has 0 amide bonds. The van der Waals surface area contributed by atoms with E-state index in [1.54, 1.807) is 25.3 Å². The lowest BCUT2D eigenvalue weighted by atomic mass is 10.1. The van der Waals surface area contributed by atoms with Gasteiger partial charge < -0.3 is 19.9 Å². The Hall–Kier alpha value is -3.13. The second-order valence-electron chi connectivity index (χ2n) is 5.70. The number of methoxy groups -OCH3 is 1. The second-order valence-corrected chi connectivity index (χ2v) is 5.70. The summed E-state index contributed by atoms with van der Waals surface area (Å²) in [5.74, 6) is 2.42. The smallest absolute Gasteiger partial charge is 0.172 e. The molecule has 3 aromatic rings. The minimum absolute atomic E-state index is 0.165. The van der Waals surface area contributed by atoms with Crippen LogP contribution in [0, 0.1) is 5.82 Å². The first-order valence-corrected chi connectivity index (χ1v) is 8.46. The Labute approximate surface area is 156 Å². The van der Waals surface area contributed by atoms with Crippen molar-refractivity contribution in [3.05, 3.63) is 65.5 Å². The minimum atomic E-state index is -0.536. The van der Waals surface area contributed by atoms with E-state index >= 15 is 0 Å². The Morgan fingerprint density at radius 3 is 2.59 bits per heavy atom. The lowest BCUT2D eigenvalue weighted by Gasteiger charge is -2.13. The molecule has 2 aromatic carbocycles. The van der Waals surface area contributed by atoms with E-state index in [0.717, 1.165) is 5.56 Å². The summed E-state index contributed by atoms with van der Waals surface area (Å²) in [6, 6.07) is 10.7. The standard InChI is InChI=1S/C19H21FN4O3/c1-3-26-16-10-12(4-9-15(16)25-2)18(21)19-22-17(23-24-19)11-27-14-7-5-13(20)6-8-14/h4-10,18H,3,11,21H2,1-2H3,(H,22,23,24)/t18-/m0/s1. The third-order valence-corrected chi connectivity index (χ3v) is 3.86. The third kappa shape index (κ3) is 4.53. The summed E-state index contributed by atoms with van der Waals surface area (Å²) in [7, 11) is 1.58. The number of ether oxygens (including phenoxy) is 3. The van der Waals surface area contributed by atoms with Crippen LogP contribution in [-0.4, -0.2) is 28.9 Å². The van der Waals surface area contributed by atoms with Crippen LogP contribution in [0.2, 0.25) is 0 Å². The number of nitrogens with zero attached hydrogens (tertiary/aromatic N) is 2. The lowest BCUT2D eigenvalue weighted by Crippen LogP contribution is -2.14. The van der Waals surface area contributed by atoms with Gasteiger partial charge in [-0.2, -0.15) is 5.10 Å². The molecule has 0 aliphatic heterocycles. The Balaban J connectivity index is 1.69. The summed E-state index contributed by atoms with van der Waals surface area (Å²) < 4.78 is 29.3. The maximum Gasteiger partial charge on any atom is 0.172 e. The fourth-order valence-corrected chi connectivity index (χ4v) is 2.50. The highest BCUT2D eigenvalue weighted by Crippen LogP contribution is 2.31. The molecular weight excluding hydrogens is 351 g/mol. The van der Waals surface area contributed by atoms with Crippen LogP contribution < -0.4 is 19.9 Å². The molecule has 0 spiro atoms. The summed E-state index contributed by atoms with van der Waals surface area (Å²) in [5.41, 5.74) is 7.08. The number of aromatic nitrogens is 3. The normalized spacial score (nSPS) is 11.9. The zero-order valence-electron chi connectivity index (χ0n) is 15.1. The van der Waals surface area contributed by atoms with Crippen molar-refractivity contribution in [2.45, 2.75) is 19.6 Å². The molecule has 1 atom stereocenters. The van der Waals surface area contributed by atoms with Gasteiger partial charge in [0.15, 0.2) is 23.1 Å². The van der Waals surface area contributed by atoms with Gasteiger partial charge in [-0.25, -0.2) is 9.37 Å². The average Bonchev–Trinajstić information content (AvgIpc) is 3.16. The molecule has 7 nitrogen and oxygen atoms in total. The number of halogens is 1. The van der Waals surface area contributed by atoms with Gasteiger partial charge in [0.1, 0.15) is 18.2 Å². The third-order valence-electron chi connectivity index (χ3n) is 3.86. The van der Waals surface area contributed by atoms with E-state index in [0.29, 0.717) is 35.5 Å². The molecule has 0 saturated heterocycles. The summed E-state index contributed by atoms with van der Waals surface area (Å²) in [6.45, 7) is 2.58. The van der Waals surface area contributed by atoms with Crippen molar-refractivity contribution in [2.24, 2.45) is 5.73 Å². The van der Waals surface area contributed by atoms with Gasteiger partial charge in [-0.1, -0.05) is 6.07 Å². The Morgan fingerprint density at radius 2 is 1.89 bits per heavy atom. The quantitative estimate of drug-likeness (QED) is 0.631. The number of rotatable bonds is 8. The summed E-state index contributed by atoms with van der Waals surface area (Å²) in [5, 5.41) is 6.97. The van der Waals surface area contributed by atoms with Crippen molar-refractivity contribution in [3.8, 4) is 17.2 Å². The second kappa shape index (κ2) is 8.50. The minimum Gasteiger partial charge on any atom is -0.493 e. The SMILES string of the molecule is CCOc1cc([C@H](N)c2n[nH]c(COc3ccc(F)cc3)n2)ccc1OC. The molecule has 142 valence electrons. The van der Waals surface area contributed by atoms with Crippen molar-refractivity contribution >= 4 is 0 Å². The van der Waals surface area contributed by atoms with Crippen LogP contribution in [0.4, 0.5) is 4.39 Å². The lowest BCUT2D eigenvalue weighted by molar-refractivity contribution is 0.296. The van der Waals surface area contributed by atoms with Gasteiger partial charge in [0, 0.05) is 0 Å². The molecule has 0 unspecified atom stereocenters. The molecule has 0 aliphatic carbocycles. The molecular formula is C19H21FN4O3. The zero-order valence-corrected chi connectivity index (χ0v) is 15.1. The van der Waals surface area contributed by atoms with Crippen molar-refractivity contribution in [3.63, 3.8) is 0 Å². The number of nitrogens with two attached hydrogens (primary N) is 1. The van der Waals surface area contributed by atoms with E-state index in [1.807, 2.05) is 19.1 Å². The summed E-state index contributed by atoms with van der Waals surface area (Å²) >= 11 is 0. The molecule has 1 aromatic heterocycles. The van der Waals surface area contributed by atoms with Gasteiger partial charge in [-0.15, -0.1) is 0 Å². The van der Waals surface area contributed by atoms with Crippen LogP contribution in [0.15, 0.2) is 42.5 Å². The van der Waals surface area contributed by atoms with Crippen molar-refractivity contribution in [1.29, 1.82) is 0 Å². The van der Waals surface area contributed by atoms with Gasteiger partial charge in [-0.05, 0) is 48.9 Å². The zero-order chi connectivity index (χ0) is 19.2. The molecule has 0 aliphatic rings. The topological polar surface area (TPSA) is 95.3 Å². The van der Waals surface area contributed by atoms with E-state index in [1.165, 1.54) is 12.1 Å². The van der Waals surface area contributed by atoms with E-state index in [2.05, 4.69) is 15.2 Å². The number of benzene rings is 2. The molecule has 3 N–H and O–H groups in total. The first kappa shape index (κ1) is 18.7. The molecule has 0 saturated carbocycles. The van der Waals surface area contributed by atoms with Gasteiger partial charge in [0.05, 0.1) is 19.8 Å². The van der Waals surface area contributed by atoms with Gasteiger partial charge in [0.2, 0.25) is 0 Å². The molecule has 8 heteroatoms.